The van der Waals surface area contributed by atoms with Gasteiger partial charge in [0.05, 0.1) is 0 Å². The van der Waals surface area contributed by atoms with Crippen molar-refractivity contribution in [1.82, 2.24) is 0 Å². The fraction of sp³-hybridized carbons (Fsp3) is 0.172. The van der Waals surface area contributed by atoms with Crippen molar-refractivity contribution >= 4 is 0 Å². The van der Waals surface area contributed by atoms with E-state index in [1.807, 2.05) is 86.6 Å². The lowest BCUT2D eigenvalue weighted by Crippen LogP contribution is -1.98. The third kappa shape index (κ3) is 4.65. The highest BCUT2D eigenvalue weighted by molar-refractivity contribution is 5.52. The van der Waals surface area contributed by atoms with E-state index in [4.69, 9.17) is 0 Å². The maximum atomic E-state index is 10.9. The Hall–Kier alpha value is -3.92. The summed E-state index contributed by atoms with van der Waals surface area (Å²) >= 11 is 0. The molecule has 0 aliphatic heterocycles. The largest absolute Gasteiger partial charge is 0.507 e. The van der Waals surface area contributed by atoms with Gasteiger partial charge in [-0.25, -0.2) is 0 Å². The first kappa shape index (κ1) is 22.3. The van der Waals surface area contributed by atoms with Gasteiger partial charge in [0.15, 0.2) is 0 Å². The molecule has 4 aromatic rings. The van der Waals surface area contributed by atoms with E-state index >= 15 is 0 Å². The van der Waals surface area contributed by atoms with Gasteiger partial charge in [-0.05, 0) is 58.4 Å². The van der Waals surface area contributed by atoms with Crippen LogP contribution < -0.4 is 0 Å². The second-order valence-electron chi connectivity index (χ2n) is 8.55. The van der Waals surface area contributed by atoms with Crippen molar-refractivity contribution in [2.75, 3.05) is 0 Å². The van der Waals surface area contributed by atoms with E-state index in [9.17, 15) is 20.4 Å². The zero-order chi connectivity index (χ0) is 23.5. The van der Waals surface area contributed by atoms with Crippen molar-refractivity contribution in [3.05, 3.63) is 117 Å². The van der Waals surface area contributed by atoms with Crippen LogP contribution in [0, 0.1) is 13.8 Å². The maximum absolute atomic E-state index is 10.9. The summed E-state index contributed by atoms with van der Waals surface area (Å²) in [4.78, 5) is 0. The molecule has 0 unspecified atom stereocenters. The number of hydrogen-bond donors (Lipinski definition) is 4. The zero-order valence-corrected chi connectivity index (χ0v) is 18.8. The standard InChI is InChI=1S/C29H28O4/c1-18-7-3-9-20(26(18)30)15-22-11-5-13-24(28(22)32)17-25-14-6-12-23(29(25)33)16-21-10-4-8-19(2)27(21)31/h3-14,30-33H,15-17H2,1-2H3. The minimum atomic E-state index is 0.166. The molecule has 0 radical (unpaired) electrons. The monoisotopic (exact) mass is 440 g/mol. The molecule has 0 aromatic heterocycles. The molecule has 0 amide bonds. The number of para-hydroxylation sites is 4. The molecule has 0 saturated heterocycles. The van der Waals surface area contributed by atoms with Crippen LogP contribution in [0.4, 0.5) is 0 Å². The Morgan fingerprint density at radius 3 is 0.939 bits per heavy atom. The third-order valence-corrected chi connectivity index (χ3v) is 6.19. The molecule has 0 atom stereocenters. The Labute approximate surface area is 194 Å². The minimum Gasteiger partial charge on any atom is -0.507 e. The molecule has 4 heteroatoms. The van der Waals surface area contributed by atoms with Crippen LogP contribution in [-0.4, -0.2) is 20.4 Å². The first-order valence-corrected chi connectivity index (χ1v) is 11.0. The summed E-state index contributed by atoms with van der Waals surface area (Å²) in [6.07, 6.45) is 1.18. The van der Waals surface area contributed by atoms with Gasteiger partial charge in [0.1, 0.15) is 23.0 Å². The van der Waals surface area contributed by atoms with Gasteiger partial charge in [0, 0.05) is 19.3 Å². The summed E-state index contributed by atoms with van der Waals surface area (Å²) in [6.45, 7) is 3.70. The first-order valence-electron chi connectivity index (χ1n) is 11.0. The lowest BCUT2D eigenvalue weighted by molar-refractivity contribution is 0.453. The topological polar surface area (TPSA) is 80.9 Å². The highest BCUT2D eigenvalue weighted by atomic mass is 16.3. The molecule has 0 bridgehead atoms. The van der Waals surface area contributed by atoms with Gasteiger partial charge < -0.3 is 20.4 Å². The van der Waals surface area contributed by atoms with Crippen molar-refractivity contribution < 1.29 is 20.4 Å². The van der Waals surface area contributed by atoms with Gasteiger partial charge in [-0.2, -0.15) is 0 Å². The van der Waals surface area contributed by atoms with Crippen molar-refractivity contribution in [1.29, 1.82) is 0 Å². The number of phenols is 4. The lowest BCUT2D eigenvalue weighted by atomic mass is 9.94. The molecule has 4 nitrogen and oxygen atoms in total. The molecule has 4 aromatic carbocycles. The van der Waals surface area contributed by atoms with E-state index in [1.54, 1.807) is 0 Å². The van der Waals surface area contributed by atoms with E-state index in [-0.39, 0.29) is 23.0 Å². The summed E-state index contributed by atoms with van der Waals surface area (Å²) in [6, 6.07) is 22.3. The van der Waals surface area contributed by atoms with Gasteiger partial charge in [0.25, 0.3) is 0 Å². The van der Waals surface area contributed by atoms with Gasteiger partial charge in [0.2, 0.25) is 0 Å². The van der Waals surface area contributed by atoms with Crippen molar-refractivity contribution in [3.8, 4) is 23.0 Å². The fourth-order valence-electron chi connectivity index (χ4n) is 4.20. The van der Waals surface area contributed by atoms with Crippen LogP contribution in [0.5, 0.6) is 23.0 Å². The zero-order valence-electron chi connectivity index (χ0n) is 18.8. The number of aryl methyl sites for hydroxylation is 2. The van der Waals surface area contributed by atoms with Gasteiger partial charge in [-0.3, -0.25) is 0 Å². The Bertz CT molecular complexity index is 1210. The Morgan fingerprint density at radius 1 is 0.394 bits per heavy atom. The normalized spacial score (nSPS) is 11.0. The third-order valence-electron chi connectivity index (χ3n) is 6.19. The van der Waals surface area contributed by atoms with Crippen LogP contribution in [0.1, 0.15) is 44.5 Å². The van der Waals surface area contributed by atoms with Crippen LogP contribution in [0.15, 0.2) is 72.8 Å². The number of aromatic hydroxyl groups is 4. The Kier molecular flexibility index (Phi) is 6.27. The summed E-state index contributed by atoms with van der Waals surface area (Å²) in [5.41, 5.74) is 5.93. The molecule has 0 spiro atoms. The molecular formula is C29H28O4. The predicted octanol–water partition coefficient (Wildman–Crippen LogP) is 5.90. The van der Waals surface area contributed by atoms with Crippen molar-refractivity contribution in [2.45, 2.75) is 33.1 Å². The predicted molar refractivity (Wildman–Crippen MR) is 130 cm³/mol. The molecule has 4 rings (SSSR count). The average Bonchev–Trinajstić information content (AvgIpc) is 2.79. The second kappa shape index (κ2) is 9.29. The van der Waals surface area contributed by atoms with Crippen molar-refractivity contribution in [2.24, 2.45) is 0 Å². The van der Waals surface area contributed by atoms with E-state index in [0.717, 1.165) is 22.3 Å². The van der Waals surface area contributed by atoms with Gasteiger partial charge in [-0.15, -0.1) is 0 Å². The molecule has 0 fully saturated rings. The second-order valence-corrected chi connectivity index (χ2v) is 8.55. The number of rotatable bonds is 6. The van der Waals surface area contributed by atoms with Gasteiger partial charge in [-0.1, -0.05) is 72.8 Å². The minimum absolute atomic E-state index is 0.166. The van der Waals surface area contributed by atoms with Crippen LogP contribution in [0.3, 0.4) is 0 Å². The molecule has 0 aliphatic carbocycles. The molecule has 33 heavy (non-hydrogen) atoms. The molecule has 0 saturated carbocycles. The van der Waals surface area contributed by atoms with Gasteiger partial charge >= 0.3 is 0 Å². The van der Waals surface area contributed by atoms with E-state index < -0.39 is 0 Å². The summed E-state index contributed by atoms with van der Waals surface area (Å²) < 4.78 is 0. The first-order chi connectivity index (χ1) is 15.8. The Balaban J connectivity index is 1.61. The average molecular weight is 441 g/mol. The Morgan fingerprint density at radius 2 is 0.636 bits per heavy atom. The van der Waals surface area contributed by atoms with Crippen LogP contribution in [0.25, 0.3) is 0 Å². The smallest absolute Gasteiger partial charge is 0.122 e. The molecule has 4 N–H and O–H groups in total. The van der Waals surface area contributed by atoms with E-state index in [2.05, 4.69) is 0 Å². The fourth-order valence-corrected chi connectivity index (χ4v) is 4.20. The molecule has 0 heterocycles. The van der Waals surface area contributed by atoms with Crippen LogP contribution in [-0.2, 0) is 19.3 Å². The SMILES string of the molecule is Cc1cccc(Cc2cccc(Cc3cccc(Cc4cccc(C)c4O)c3O)c2O)c1O. The summed E-state index contributed by atoms with van der Waals surface area (Å²) in [7, 11) is 0. The van der Waals surface area contributed by atoms with E-state index in [0.29, 0.717) is 41.5 Å². The lowest BCUT2D eigenvalue weighted by Gasteiger charge is -2.14. The highest BCUT2D eigenvalue weighted by Crippen LogP contribution is 2.34. The van der Waals surface area contributed by atoms with E-state index in [1.165, 1.54) is 0 Å². The number of benzene rings is 4. The quantitative estimate of drug-likeness (QED) is 0.301. The number of hydrogen-bond acceptors (Lipinski definition) is 4. The van der Waals surface area contributed by atoms with Crippen molar-refractivity contribution in [3.63, 3.8) is 0 Å². The molecule has 0 aliphatic rings. The maximum Gasteiger partial charge on any atom is 0.122 e. The molecule has 168 valence electrons. The van der Waals surface area contributed by atoms with Crippen LogP contribution >= 0.6 is 0 Å². The summed E-state index contributed by atoms with van der Waals surface area (Å²) in [5.74, 6) is 0.818. The highest BCUT2D eigenvalue weighted by Gasteiger charge is 2.15. The molecular weight excluding hydrogens is 412 g/mol. The number of phenolic OH excluding ortho intramolecular Hbond substituents is 4. The van der Waals surface area contributed by atoms with Crippen LogP contribution in [0.2, 0.25) is 0 Å². The summed E-state index contributed by atoms with van der Waals surface area (Å²) in [5, 5.41) is 42.6.